The highest BCUT2D eigenvalue weighted by Crippen LogP contribution is 2.20. The molecule has 1 aromatic carbocycles. The number of amides is 1. The van der Waals surface area contributed by atoms with Gasteiger partial charge in [-0.3, -0.25) is 14.9 Å². The third-order valence-corrected chi connectivity index (χ3v) is 5.04. The van der Waals surface area contributed by atoms with Crippen LogP contribution in [0.4, 0.5) is 5.69 Å². The fourth-order valence-electron chi connectivity index (χ4n) is 3.16. The van der Waals surface area contributed by atoms with Crippen LogP contribution in [0.5, 0.6) is 0 Å². The van der Waals surface area contributed by atoms with E-state index in [9.17, 15) is 25.1 Å². The van der Waals surface area contributed by atoms with Crippen molar-refractivity contribution < 1.29 is 19.9 Å². The van der Waals surface area contributed by atoms with E-state index in [1.165, 1.54) is 49.9 Å². The van der Waals surface area contributed by atoms with Crippen LogP contribution in [0.2, 0.25) is 0 Å². The van der Waals surface area contributed by atoms with Crippen LogP contribution in [0.1, 0.15) is 82.8 Å². The summed E-state index contributed by atoms with van der Waals surface area (Å²) in [6, 6.07) is 4.58. The number of nitro groups is 1. The second kappa shape index (κ2) is 15.6. The third kappa shape index (κ3) is 10.5. The molecule has 0 saturated carbocycles. The van der Waals surface area contributed by atoms with Gasteiger partial charge in [-0.2, -0.15) is 0 Å². The maximum Gasteiger partial charge on any atom is 0.269 e. The lowest BCUT2D eigenvalue weighted by Gasteiger charge is -2.22. The van der Waals surface area contributed by atoms with Gasteiger partial charge in [-0.1, -0.05) is 51.2 Å². The highest BCUT2D eigenvalue weighted by molar-refractivity contribution is 5.76. The number of nitrogens with one attached hydrogen (secondary N) is 1. The molecule has 30 heavy (non-hydrogen) atoms. The molecule has 3 N–H and O–H groups in total. The molecular weight excluding hydrogens is 384 g/mol. The fourth-order valence-corrected chi connectivity index (χ4v) is 3.16. The zero-order valence-corrected chi connectivity index (χ0v) is 18.0. The zero-order valence-electron chi connectivity index (χ0n) is 18.0. The summed E-state index contributed by atoms with van der Waals surface area (Å²) in [4.78, 5) is 22.3. The zero-order chi connectivity index (χ0) is 22.2. The SMILES string of the molecule is CCCC/C=C\CCCCCCCC(=O)N[C@H](CO)[C@@H](O)c1ccc([N+](=O)[O-])cc1. The van der Waals surface area contributed by atoms with E-state index in [2.05, 4.69) is 24.4 Å². The first-order chi connectivity index (χ1) is 14.5. The Balaban J connectivity index is 2.24. The number of nitro benzene ring substituents is 1. The second-order valence-electron chi connectivity index (χ2n) is 7.57. The van der Waals surface area contributed by atoms with E-state index in [4.69, 9.17) is 0 Å². The van der Waals surface area contributed by atoms with Gasteiger partial charge in [-0.05, 0) is 43.4 Å². The van der Waals surface area contributed by atoms with Gasteiger partial charge in [0.1, 0.15) is 6.10 Å². The molecule has 0 saturated heterocycles. The molecule has 7 nitrogen and oxygen atoms in total. The number of nitrogens with zero attached hydrogens (tertiary/aromatic N) is 1. The molecule has 0 aliphatic carbocycles. The molecule has 0 unspecified atom stereocenters. The van der Waals surface area contributed by atoms with Gasteiger partial charge in [0, 0.05) is 18.6 Å². The van der Waals surface area contributed by atoms with Gasteiger partial charge in [0.05, 0.1) is 17.6 Å². The van der Waals surface area contributed by atoms with Crippen LogP contribution in [-0.4, -0.2) is 33.7 Å². The van der Waals surface area contributed by atoms with Gasteiger partial charge in [-0.15, -0.1) is 0 Å². The summed E-state index contributed by atoms with van der Waals surface area (Å²) >= 11 is 0. The summed E-state index contributed by atoms with van der Waals surface area (Å²) in [5.74, 6) is -0.214. The minimum absolute atomic E-state index is 0.0805. The van der Waals surface area contributed by atoms with E-state index in [1.807, 2.05) is 0 Å². The van der Waals surface area contributed by atoms with Crippen molar-refractivity contribution in [2.24, 2.45) is 0 Å². The van der Waals surface area contributed by atoms with E-state index in [-0.39, 0.29) is 11.6 Å². The first-order valence-corrected chi connectivity index (χ1v) is 11.0. The number of unbranched alkanes of at least 4 members (excludes halogenated alkanes) is 7. The third-order valence-electron chi connectivity index (χ3n) is 5.04. The Morgan fingerprint density at radius 3 is 2.27 bits per heavy atom. The van der Waals surface area contributed by atoms with Crippen molar-refractivity contribution in [2.45, 2.75) is 83.3 Å². The Kier molecular flexibility index (Phi) is 13.4. The molecule has 1 rings (SSSR count). The van der Waals surface area contributed by atoms with Gasteiger partial charge in [-0.25, -0.2) is 0 Å². The van der Waals surface area contributed by atoms with Gasteiger partial charge < -0.3 is 15.5 Å². The smallest absolute Gasteiger partial charge is 0.269 e. The number of aliphatic hydroxyl groups is 2. The molecular formula is C23H36N2O5. The molecule has 0 spiro atoms. The Bertz CT molecular complexity index is 645. The summed E-state index contributed by atoms with van der Waals surface area (Å²) in [5, 5.41) is 33.3. The molecule has 2 atom stereocenters. The van der Waals surface area contributed by atoms with E-state index >= 15 is 0 Å². The van der Waals surface area contributed by atoms with Gasteiger partial charge in [0.15, 0.2) is 0 Å². The average Bonchev–Trinajstić information content (AvgIpc) is 2.75. The Labute approximate surface area is 179 Å². The predicted molar refractivity (Wildman–Crippen MR) is 118 cm³/mol. The minimum atomic E-state index is -1.13. The Hall–Kier alpha value is -2.25. The lowest BCUT2D eigenvalue weighted by molar-refractivity contribution is -0.384. The molecule has 0 heterocycles. The summed E-state index contributed by atoms with van der Waals surface area (Å²) < 4.78 is 0. The number of carbonyl (C=O) groups excluding carboxylic acids is 1. The van der Waals surface area contributed by atoms with Crippen LogP contribution >= 0.6 is 0 Å². The number of non-ortho nitro benzene ring substituents is 1. The van der Waals surface area contributed by atoms with Crippen molar-refractivity contribution in [3.63, 3.8) is 0 Å². The standard InChI is InChI=1S/C23H36N2O5/c1-2-3-4-5-6-7-8-9-10-11-12-13-22(27)24-21(18-26)23(28)19-14-16-20(17-15-19)25(29)30/h5-6,14-17,21,23,26,28H,2-4,7-13,18H2,1H3,(H,24,27)/b6-5-/t21-,23+/m1/s1. The van der Waals surface area contributed by atoms with Crippen LogP contribution in [0.15, 0.2) is 36.4 Å². The number of carbonyl (C=O) groups is 1. The molecule has 0 aliphatic rings. The van der Waals surface area contributed by atoms with Crippen LogP contribution in [0.3, 0.4) is 0 Å². The van der Waals surface area contributed by atoms with Crippen LogP contribution in [0, 0.1) is 10.1 Å². The number of hydrogen-bond donors (Lipinski definition) is 3. The molecule has 0 radical (unpaired) electrons. The number of rotatable bonds is 16. The largest absolute Gasteiger partial charge is 0.394 e. The summed E-state index contributed by atoms with van der Waals surface area (Å²) in [6.07, 6.45) is 13.6. The van der Waals surface area contributed by atoms with Crippen molar-refractivity contribution in [1.82, 2.24) is 5.32 Å². The van der Waals surface area contributed by atoms with Crippen molar-refractivity contribution in [3.05, 3.63) is 52.1 Å². The highest BCUT2D eigenvalue weighted by atomic mass is 16.6. The number of aliphatic hydroxyl groups excluding tert-OH is 2. The van der Waals surface area contributed by atoms with Gasteiger partial charge >= 0.3 is 0 Å². The monoisotopic (exact) mass is 420 g/mol. The molecule has 1 aromatic rings. The Morgan fingerprint density at radius 1 is 1.07 bits per heavy atom. The van der Waals surface area contributed by atoms with E-state index < -0.39 is 23.7 Å². The molecule has 0 aromatic heterocycles. The highest BCUT2D eigenvalue weighted by Gasteiger charge is 2.22. The molecule has 0 bridgehead atoms. The summed E-state index contributed by atoms with van der Waals surface area (Å²) in [5.41, 5.74) is 0.326. The normalized spacial score (nSPS) is 13.3. The van der Waals surface area contributed by atoms with Gasteiger partial charge in [0.2, 0.25) is 5.91 Å². The maximum atomic E-state index is 12.1. The van der Waals surface area contributed by atoms with Crippen LogP contribution in [-0.2, 0) is 4.79 Å². The summed E-state index contributed by atoms with van der Waals surface area (Å²) in [6.45, 7) is 1.77. The summed E-state index contributed by atoms with van der Waals surface area (Å²) in [7, 11) is 0. The van der Waals surface area contributed by atoms with Crippen LogP contribution in [0.25, 0.3) is 0 Å². The number of allylic oxidation sites excluding steroid dienone is 2. The van der Waals surface area contributed by atoms with Crippen molar-refractivity contribution in [3.8, 4) is 0 Å². The quantitative estimate of drug-likeness (QED) is 0.157. The average molecular weight is 421 g/mol. The van der Waals surface area contributed by atoms with Crippen molar-refractivity contribution in [1.29, 1.82) is 0 Å². The lowest BCUT2D eigenvalue weighted by atomic mass is 10.0. The second-order valence-corrected chi connectivity index (χ2v) is 7.57. The van der Waals surface area contributed by atoms with E-state index in [1.54, 1.807) is 0 Å². The fraction of sp³-hybridized carbons (Fsp3) is 0.609. The predicted octanol–water partition coefficient (Wildman–Crippen LogP) is 4.58. The van der Waals surface area contributed by atoms with E-state index in [0.717, 1.165) is 32.1 Å². The number of benzene rings is 1. The lowest BCUT2D eigenvalue weighted by Crippen LogP contribution is -2.41. The molecule has 7 heteroatoms. The first-order valence-electron chi connectivity index (χ1n) is 11.0. The van der Waals surface area contributed by atoms with Crippen molar-refractivity contribution in [2.75, 3.05) is 6.61 Å². The molecule has 0 aliphatic heterocycles. The first kappa shape index (κ1) is 25.8. The van der Waals surface area contributed by atoms with Gasteiger partial charge in [0.25, 0.3) is 5.69 Å². The minimum Gasteiger partial charge on any atom is -0.394 e. The van der Waals surface area contributed by atoms with Crippen LogP contribution < -0.4 is 5.32 Å². The van der Waals surface area contributed by atoms with Crippen molar-refractivity contribution >= 4 is 11.6 Å². The number of hydrogen-bond acceptors (Lipinski definition) is 5. The molecule has 0 fully saturated rings. The topological polar surface area (TPSA) is 113 Å². The van der Waals surface area contributed by atoms with E-state index in [0.29, 0.717) is 12.0 Å². The molecule has 1 amide bonds. The Morgan fingerprint density at radius 2 is 1.67 bits per heavy atom. The molecule has 168 valence electrons. The maximum absolute atomic E-state index is 12.1.